The summed E-state index contributed by atoms with van der Waals surface area (Å²) in [4.78, 5) is 21.1. The van der Waals surface area contributed by atoms with Crippen molar-refractivity contribution in [3.8, 4) is 0 Å². The standard InChI is InChI=1S/C16H18N4O3S2/c1-3-10-7-13(24-11-5-4-6-19-9-11)14(25(2,22)23)8-12(10)15(21)20-16(17)18/h4-9H,3H2,1-2H3,(H4,17,18,20,21). The number of sulfone groups is 1. The second-order valence-electron chi connectivity index (χ2n) is 5.21. The number of guanidine groups is 1. The third kappa shape index (κ3) is 4.80. The maximum atomic E-state index is 12.2. The molecule has 7 nitrogen and oxygen atoms in total. The molecule has 1 aromatic carbocycles. The summed E-state index contributed by atoms with van der Waals surface area (Å²) >= 11 is 1.27. The fourth-order valence-corrected chi connectivity index (χ4v) is 4.39. The molecule has 0 radical (unpaired) electrons. The normalized spacial score (nSPS) is 11.1. The summed E-state index contributed by atoms with van der Waals surface area (Å²) in [6, 6.07) is 6.61. The molecule has 1 heterocycles. The highest BCUT2D eigenvalue weighted by atomic mass is 32.2. The van der Waals surface area contributed by atoms with E-state index in [4.69, 9.17) is 11.5 Å². The molecule has 0 aliphatic carbocycles. The maximum absolute atomic E-state index is 12.2. The van der Waals surface area contributed by atoms with Gasteiger partial charge < -0.3 is 11.5 Å². The van der Waals surface area contributed by atoms with Gasteiger partial charge in [-0.3, -0.25) is 9.78 Å². The molecule has 0 fully saturated rings. The molecule has 1 amide bonds. The lowest BCUT2D eigenvalue weighted by Crippen LogP contribution is -2.24. The number of nitrogens with zero attached hydrogens (tertiary/aromatic N) is 2. The molecule has 0 aliphatic rings. The molecule has 0 saturated heterocycles. The quantitative estimate of drug-likeness (QED) is 0.597. The van der Waals surface area contributed by atoms with E-state index in [1.54, 1.807) is 24.5 Å². The number of pyridine rings is 1. The number of nitrogens with two attached hydrogens (primary N) is 2. The van der Waals surface area contributed by atoms with Crippen LogP contribution in [0.3, 0.4) is 0 Å². The topological polar surface area (TPSA) is 128 Å². The Morgan fingerprint density at radius 2 is 2.04 bits per heavy atom. The summed E-state index contributed by atoms with van der Waals surface area (Å²) in [6.07, 6.45) is 4.89. The first-order valence-corrected chi connectivity index (χ1v) is 10.0. The van der Waals surface area contributed by atoms with Gasteiger partial charge >= 0.3 is 0 Å². The number of carbonyl (C=O) groups excluding carboxylic acids is 1. The molecule has 0 spiro atoms. The zero-order valence-electron chi connectivity index (χ0n) is 13.8. The van der Waals surface area contributed by atoms with Crippen LogP contribution in [0.4, 0.5) is 0 Å². The molecule has 2 aromatic rings. The Kier molecular flexibility index (Phi) is 5.81. The summed E-state index contributed by atoms with van der Waals surface area (Å²) in [7, 11) is -3.57. The lowest BCUT2D eigenvalue weighted by molar-refractivity contribution is 0.100. The number of rotatable bonds is 5. The Morgan fingerprint density at radius 3 is 2.56 bits per heavy atom. The molecule has 25 heavy (non-hydrogen) atoms. The van der Waals surface area contributed by atoms with Gasteiger partial charge in [-0.05, 0) is 36.2 Å². The maximum Gasteiger partial charge on any atom is 0.280 e. The molecule has 4 N–H and O–H groups in total. The Labute approximate surface area is 150 Å². The SMILES string of the molecule is CCc1cc(Sc2cccnc2)c(S(C)(=O)=O)cc1C(=O)N=C(N)N. The van der Waals surface area contributed by atoms with Crippen molar-refractivity contribution in [3.05, 3.63) is 47.8 Å². The van der Waals surface area contributed by atoms with Gasteiger partial charge in [0.2, 0.25) is 0 Å². The van der Waals surface area contributed by atoms with Crippen LogP contribution in [-0.4, -0.2) is 31.5 Å². The number of aliphatic imine (C=N–C) groups is 1. The summed E-state index contributed by atoms with van der Waals surface area (Å²) < 4.78 is 24.4. The van der Waals surface area contributed by atoms with Crippen molar-refractivity contribution in [3.63, 3.8) is 0 Å². The second-order valence-corrected chi connectivity index (χ2v) is 8.31. The monoisotopic (exact) mass is 378 g/mol. The molecule has 9 heteroatoms. The van der Waals surface area contributed by atoms with Gasteiger partial charge in [-0.2, -0.15) is 4.99 Å². The van der Waals surface area contributed by atoms with E-state index in [0.29, 0.717) is 16.9 Å². The predicted octanol–water partition coefficient (Wildman–Crippen LogP) is 1.61. The molecule has 0 aliphatic heterocycles. The van der Waals surface area contributed by atoms with Gasteiger partial charge in [0.05, 0.1) is 4.90 Å². The van der Waals surface area contributed by atoms with E-state index in [2.05, 4.69) is 9.98 Å². The number of carbonyl (C=O) groups is 1. The molecule has 1 aromatic heterocycles. The number of aromatic nitrogens is 1. The minimum atomic E-state index is -3.57. The molecular weight excluding hydrogens is 360 g/mol. The summed E-state index contributed by atoms with van der Waals surface area (Å²) in [5.74, 6) is -1.04. The first-order chi connectivity index (χ1) is 11.7. The lowest BCUT2D eigenvalue weighted by Gasteiger charge is -2.13. The predicted molar refractivity (Wildman–Crippen MR) is 97.4 cm³/mol. The van der Waals surface area contributed by atoms with Crippen LogP contribution in [0.25, 0.3) is 0 Å². The van der Waals surface area contributed by atoms with Crippen LogP contribution in [0.5, 0.6) is 0 Å². The second kappa shape index (κ2) is 7.66. The van der Waals surface area contributed by atoms with Crippen LogP contribution in [0, 0.1) is 0 Å². The Bertz CT molecular complexity index is 922. The highest BCUT2D eigenvalue weighted by Crippen LogP contribution is 2.35. The van der Waals surface area contributed by atoms with Crippen LogP contribution in [0.2, 0.25) is 0 Å². The van der Waals surface area contributed by atoms with Gasteiger partial charge in [0, 0.05) is 34.0 Å². The van der Waals surface area contributed by atoms with Crippen molar-refractivity contribution in [2.75, 3.05) is 6.26 Å². The number of amides is 1. The van der Waals surface area contributed by atoms with Crippen LogP contribution < -0.4 is 11.5 Å². The van der Waals surface area contributed by atoms with E-state index < -0.39 is 15.7 Å². The molecule has 0 atom stereocenters. The van der Waals surface area contributed by atoms with Crippen molar-refractivity contribution in [1.29, 1.82) is 0 Å². The highest BCUT2D eigenvalue weighted by Gasteiger charge is 2.21. The van der Waals surface area contributed by atoms with Crippen molar-refractivity contribution in [1.82, 2.24) is 4.98 Å². The molecular formula is C16H18N4O3S2. The minimum Gasteiger partial charge on any atom is -0.370 e. The van der Waals surface area contributed by atoms with Crippen LogP contribution >= 0.6 is 11.8 Å². The third-order valence-corrected chi connectivity index (χ3v) is 5.57. The number of benzene rings is 1. The average Bonchev–Trinajstić information content (AvgIpc) is 2.53. The van der Waals surface area contributed by atoms with Gasteiger partial charge in [-0.25, -0.2) is 8.42 Å². The summed E-state index contributed by atoms with van der Waals surface area (Å²) in [5.41, 5.74) is 11.3. The van der Waals surface area contributed by atoms with Crippen LogP contribution in [0.15, 0.2) is 56.3 Å². The van der Waals surface area contributed by atoms with Gasteiger partial charge in [0.15, 0.2) is 15.8 Å². The van der Waals surface area contributed by atoms with Crippen molar-refractivity contribution in [2.24, 2.45) is 16.5 Å². The number of hydrogen-bond acceptors (Lipinski definition) is 5. The molecule has 0 bridgehead atoms. The van der Waals surface area contributed by atoms with E-state index in [9.17, 15) is 13.2 Å². The van der Waals surface area contributed by atoms with Crippen LogP contribution in [0.1, 0.15) is 22.8 Å². The van der Waals surface area contributed by atoms with Gasteiger partial charge in [0.1, 0.15) is 0 Å². The summed E-state index contributed by atoms with van der Waals surface area (Å²) in [5, 5.41) is 0. The van der Waals surface area contributed by atoms with E-state index >= 15 is 0 Å². The van der Waals surface area contributed by atoms with E-state index in [1.807, 2.05) is 13.0 Å². The van der Waals surface area contributed by atoms with E-state index in [1.165, 1.54) is 17.8 Å². The number of aryl methyl sites for hydroxylation is 1. The smallest absolute Gasteiger partial charge is 0.280 e. The number of hydrogen-bond donors (Lipinski definition) is 2. The molecule has 2 rings (SSSR count). The fraction of sp³-hybridized carbons (Fsp3) is 0.188. The highest BCUT2D eigenvalue weighted by molar-refractivity contribution is 8.00. The van der Waals surface area contributed by atoms with E-state index in [0.717, 1.165) is 11.2 Å². The van der Waals surface area contributed by atoms with Crippen LogP contribution in [-0.2, 0) is 16.3 Å². The first-order valence-electron chi connectivity index (χ1n) is 7.31. The minimum absolute atomic E-state index is 0.0488. The van der Waals surface area contributed by atoms with E-state index in [-0.39, 0.29) is 16.4 Å². The first kappa shape index (κ1) is 18.9. The van der Waals surface area contributed by atoms with Gasteiger partial charge in [-0.15, -0.1) is 0 Å². The summed E-state index contributed by atoms with van der Waals surface area (Å²) in [6.45, 7) is 1.86. The Hall–Kier alpha value is -2.39. The Balaban J connectivity index is 2.64. The third-order valence-electron chi connectivity index (χ3n) is 3.27. The largest absolute Gasteiger partial charge is 0.370 e. The van der Waals surface area contributed by atoms with Crippen molar-refractivity contribution in [2.45, 2.75) is 28.0 Å². The zero-order chi connectivity index (χ0) is 18.6. The molecule has 0 unspecified atom stereocenters. The fourth-order valence-electron chi connectivity index (χ4n) is 2.18. The van der Waals surface area contributed by atoms with Crippen molar-refractivity contribution >= 4 is 33.5 Å². The van der Waals surface area contributed by atoms with Gasteiger partial charge in [0.25, 0.3) is 5.91 Å². The molecule has 132 valence electrons. The molecule has 0 saturated carbocycles. The Morgan fingerprint density at radius 1 is 1.32 bits per heavy atom. The zero-order valence-corrected chi connectivity index (χ0v) is 15.4. The average molecular weight is 378 g/mol. The van der Waals surface area contributed by atoms with Crippen molar-refractivity contribution < 1.29 is 13.2 Å². The lowest BCUT2D eigenvalue weighted by atomic mass is 10.0. The van der Waals surface area contributed by atoms with Gasteiger partial charge in [-0.1, -0.05) is 18.7 Å².